The monoisotopic (exact) mass is 221 g/mol. The zero-order valence-electron chi connectivity index (χ0n) is 9.53. The lowest BCUT2D eigenvalue weighted by Gasteiger charge is -2.12. The number of aryl methyl sites for hydroxylation is 1. The Morgan fingerprint density at radius 1 is 1.62 bits per heavy atom. The Labute approximate surface area is 94.3 Å². The van der Waals surface area contributed by atoms with Crippen LogP contribution >= 0.6 is 0 Å². The third-order valence-corrected chi connectivity index (χ3v) is 2.12. The molecule has 1 rings (SSSR count). The van der Waals surface area contributed by atoms with Crippen molar-refractivity contribution in [1.29, 1.82) is 5.26 Å². The van der Waals surface area contributed by atoms with Crippen LogP contribution in [0.2, 0.25) is 0 Å². The molecule has 0 atom stereocenters. The fraction of sp³-hybridized carbons (Fsp3) is 0.600. The number of hydrogen-bond acceptors (Lipinski definition) is 4. The summed E-state index contributed by atoms with van der Waals surface area (Å²) in [5.74, 6) is 0.636. The molecule has 16 heavy (non-hydrogen) atoms. The summed E-state index contributed by atoms with van der Waals surface area (Å²) < 4.78 is 0. The number of nitrogens with one attached hydrogen (secondary N) is 1. The zero-order valence-corrected chi connectivity index (χ0v) is 9.53. The van der Waals surface area contributed by atoms with Crippen molar-refractivity contribution in [2.45, 2.75) is 26.2 Å². The van der Waals surface area contributed by atoms with Crippen molar-refractivity contribution in [3.8, 4) is 6.07 Å². The number of hydrogen-bond donors (Lipinski definition) is 1. The highest BCUT2D eigenvalue weighted by molar-refractivity contribution is 5.90. The second-order valence-corrected chi connectivity index (χ2v) is 3.49. The van der Waals surface area contributed by atoms with Gasteiger partial charge in [0.1, 0.15) is 5.82 Å². The first-order valence-corrected chi connectivity index (χ1v) is 5.22. The summed E-state index contributed by atoms with van der Waals surface area (Å²) in [6, 6.07) is 1.99. The maximum Gasteiger partial charge on any atom is 0.293 e. The molecular formula is C10H15N5O. The predicted molar refractivity (Wildman–Crippen MR) is 57.6 cm³/mol. The predicted octanol–water partition coefficient (Wildman–Crippen LogP) is 0.743. The molecule has 1 aromatic heterocycles. The van der Waals surface area contributed by atoms with Crippen LogP contribution in [0.15, 0.2) is 0 Å². The van der Waals surface area contributed by atoms with E-state index in [2.05, 4.69) is 15.2 Å². The van der Waals surface area contributed by atoms with Gasteiger partial charge in [0.15, 0.2) is 0 Å². The Balaban J connectivity index is 2.61. The molecule has 6 nitrogen and oxygen atoms in total. The van der Waals surface area contributed by atoms with Gasteiger partial charge in [-0.25, -0.2) is 4.98 Å². The van der Waals surface area contributed by atoms with Crippen LogP contribution in [0.1, 0.15) is 36.2 Å². The fourth-order valence-corrected chi connectivity index (χ4v) is 1.23. The number of rotatable bonds is 5. The Bertz CT molecular complexity index is 392. The summed E-state index contributed by atoms with van der Waals surface area (Å²) in [7, 11) is 1.63. The first kappa shape index (κ1) is 12.2. The average molecular weight is 221 g/mol. The Morgan fingerprint density at radius 3 is 3.00 bits per heavy atom. The third-order valence-electron chi connectivity index (χ3n) is 2.12. The molecule has 0 unspecified atom stereocenters. The number of carbonyl (C=O) groups excluding carboxylic acids is 1. The second-order valence-electron chi connectivity index (χ2n) is 3.49. The van der Waals surface area contributed by atoms with E-state index in [9.17, 15) is 4.79 Å². The molecule has 0 aliphatic heterocycles. The number of carbonyl (C=O) groups is 1. The Hall–Kier alpha value is -1.90. The van der Waals surface area contributed by atoms with Crippen molar-refractivity contribution in [2.24, 2.45) is 0 Å². The minimum Gasteiger partial charge on any atom is -0.338 e. The van der Waals surface area contributed by atoms with E-state index < -0.39 is 0 Å². The lowest BCUT2D eigenvalue weighted by Crippen LogP contribution is -2.28. The average Bonchev–Trinajstić information content (AvgIpc) is 2.74. The molecule has 0 fully saturated rings. The van der Waals surface area contributed by atoms with E-state index in [4.69, 9.17) is 5.26 Å². The molecule has 1 aromatic rings. The summed E-state index contributed by atoms with van der Waals surface area (Å²) in [5.41, 5.74) is 0. The molecule has 1 heterocycles. The van der Waals surface area contributed by atoms with Crippen molar-refractivity contribution in [2.75, 3.05) is 13.6 Å². The van der Waals surface area contributed by atoms with E-state index in [1.54, 1.807) is 7.05 Å². The molecule has 0 radical (unpaired) electrons. The van der Waals surface area contributed by atoms with Gasteiger partial charge in [0.25, 0.3) is 5.91 Å². The Morgan fingerprint density at radius 2 is 2.38 bits per heavy atom. The van der Waals surface area contributed by atoms with E-state index in [-0.39, 0.29) is 11.7 Å². The van der Waals surface area contributed by atoms with Crippen molar-refractivity contribution in [3.05, 3.63) is 11.6 Å². The topological polar surface area (TPSA) is 85.7 Å². The molecule has 0 saturated heterocycles. The normalized spacial score (nSPS) is 9.81. The van der Waals surface area contributed by atoms with Crippen LogP contribution in [0.5, 0.6) is 0 Å². The standard InChI is InChI=1S/C10H15N5O/c1-3-5-8-12-9(14-13-8)10(16)15(2)7-4-6-11/h3-5,7H2,1-2H3,(H,12,13,14). The molecule has 1 N–H and O–H groups in total. The first-order valence-electron chi connectivity index (χ1n) is 5.22. The highest BCUT2D eigenvalue weighted by Gasteiger charge is 2.16. The largest absolute Gasteiger partial charge is 0.338 e. The number of H-pyrrole nitrogens is 1. The van der Waals surface area contributed by atoms with Crippen molar-refractivity contribution in [3.63, 3.8) is 0 Å². The summed E-state index contributed by atoms with van der Waals surface area (Å²) in [4.78, 5) is 17.3. The molecule has 0 aromatic carbocycles. The number of aromatic nitrogens is 3. The highest BCUT2D eigenvalue weighted by Crippen LogP contribution is 2.00. The number of aromatic amines is 1. The molecule has 0 aliphatic rings. The molecule has 0 saturated carbocycles. The van der Waals surface area contributed by atoms with Crippen molar-refractivity contribution >= 4 is 5.91 Å². The van der Waals surface area contributed by atoms with Crippen molar-refractivity contribution in [1.82, 2.24) is 20.1 Å². The van der Waals surface area contributed by atoms with Gasteiger partial charge in [-0.1, -0.05) is 6.92 Å². The van der Waals surface area contributed by atoms with Crippen molar-refractivity contribution < 1.29 is 4.79 Å². The number of amides is 1. The number of nitrogens with zero attached hydrogens (tertiary/aromatic N) is 4. The van der Waals surface area contributed by atoms with Crippen LogP contribution in [0.4, 0.5) is 0 Å². The summed E-state index contributed by atoms with van der Waals surface area (Å²) >= 11 is 0. The summed E-state index contributed by atoms with van der Waals surface area (Å²) in [5, 5.41) is 15.0. The van der Waals surface area contributed by atoms with E-state index in [0.29, 0.717) is 13.0 Å². The second kappa shape index (κ2) is 5.85. The van der Waals surface area contributed by atoms with E-state index in [0.717, 1.165) is 18.7 Å². The van der Waals surface area contributed by atoms with E-state index >= 15 is 0 Å². The molecule has 1 amide bonds. The third kappa shape index (κ3) is 3.05. The molecule has 0 spiro atoms. The van der Waals surface area contributed by atoms with Gasteiger partial charge in [0.2, 0.25) is 5.82 Å². The minimum absolute atomic E-state index is 0.170. The van der Waals surface area contributed by atoms with Gasteiger partial charge in [-0.15, -0.1) is 5.10 Å². The van der Waals surface area contributed by atoms with Crippen LogP contribution in [-0.2, 0) is 6.42 Å². The van der Waals surface area contributed by atoms with E-state index in [1.165, 1.54) is 4.90 Å². The van der Waals surface area contributed by atoms with Crippen LogP contribution < -0.4 is 0 Å². The van der Waals surface area contributed by atoms with Gasteiger partial charge in [-0.05, 0) is 6.42 Å². The van der Waals surface area contributed by atoms with Gasteiger partial charge in [0, 0.05) is 20.0 Å². The molecule has 0 bridgehead atoms. The maximum atomic E-state index is 11.7. The van der Waals surface area contributed by atoms with Crippen LogP contribution in [0.3, 0.4) is 0 Å². The van der Waals surface area contributed by atoms with Gasteiger partial charge in [0.05, 0.1) is 12.5 Å². The van der Waals surface area contributed by atoms with Gasteiger partial charge in [-0.3, -0.25) is 9.89 Å². The quantitative estimate of drug-likeness (QED) is 0.794. The van der Waals surface area contributed by atoms with Crippen LogP contribution in [-0.4, -0.2) is 39.6 Å². The highest BCUT2D eigenvalue weighted by atomic mass is 16.2. The van der Waals surface area contributed by atoms with Gasteiger partial charge < -0.3 is 4.90 Å². The SMILES string of the molecule is CCCc1nc(C(=O)N(C)CCC#N)n[nH]1. The maximum absolute atomic E-state index is 11.7. The van der Waals surface area contributed by atoms with E-state index in [1.807, 2.05) is 13.0 Å². The lowest BCUT2D eigenvalue weighted by molar-refractivity contribution is 0.0786. The zero-order chi connectivity index (χ0) is 12.0. The summed E-state index contributed by atoms with van der Waals surface area (Å²) in [6.45, 7) is 2.43. The number of nitriles is 1. The lowest BCUT2D eigenvalue weighted by atomic mass is 10.3. The smallest absolute Gasteiger partial charge is 0.293 e. The minimum atomic E-state index is -0.256. The van der Waals surface area contributed by atoms with Crippen LogP contribution in [0.25, 0.3) is 0 Å². The fourth-order valence-electron chi connectivity index (χ4n) is 1.23. The molecule has 86 valence electrons. The summed E-state index contributed by atoms with van der Waals surface area (Å²) in [6.07, 6.45) is 2.05. The van der Waals surface area contributed by atoms with Gasteiger partial charge >= 0.3 is 0 Å². The molecule has 0 aliphatic carbocycles. The molecule has 6 heteroatoms. The first-order chi connectivity index (χ1) is 7.69. The Kier molecular flexibility index (Phi) is 4.45. The van der Waals surface area contributed by atoms with Gasteiger partial charge in [-0.2, -0.15) is 5.26 Å². The molecular weight excluding hydrogens is 206 g/mol. The van der Waals surface area contributed by atoms with Crippen LogP contribution in [0, 0.1) is 11.3 Å².